The Kier molecular flexibility index (Phi) is 3.02. The quantitative estimate of drug-likeness (QED) is 0.902. The maximum absolute atomic E-state index is 9.71. The van der Waals surface area contributed by atoms with Crippen molar-refractivity contribution in [1.82, 2.24) is 4.57 Å². The molecule has 0 spiro atoms. The molecule has 0 radical (unpaired) electrons. The maximum atomic E-state index is 9.71. The minimum atomic E-state index is -0.326. The number of hydrogen-bond acceptors (Lipinski definition) is 1. The average Bonchev–Trinajstić information content (AvgIpc) is 2.89. The molecule has 0 unspecified atom stereocenters. The summed E-state index contributed by atoms with van der Waals surface area (Å²) in [5.74, 6) is 0. The highest BCUT2D eigenvalue weighted by Crippen LogP contribution is 2.49. The average molecular weight is 269 g/mol. The highest BCUT2D eigenvalue weighted by Gasteiger charge is 2.37. The molecule has 1 atom stereocenters. The molecule has 1 aromatic heterocycles. The number of aliphatic hydroxyl groups is 1. The normalized spacial score (nSPS) is 16.9. The maximum Gasteiger partial charge on any atom is 0.0691 e. The zero-order chi connectivity index (χ0) is 14.5. The van der Waals surface area contributed by atoms with Crippen LogP contribution in [-0.2, 0) is 18.4 Å². The lowest BCUT2D eigenvalue weighted by molar-refractivity contribution is 0.174. The Morgan fingerprint density at radius 3 is 2.60 bits per heavy atom. The molecular formula is C18H23NO. The van der Waals surface area contributed by atoms with Crippen molar-refractivity contribution in [1.29, 1.82) is 0 Å². The summed E-state index contributed by atoms with van der Waals surface area (Å²) in [5, 5.41) is 9.71. The second-order valence-electron chi connectivity index (χ2n) is 6.44. The van der Waals surface area contributed by atoms with Crippen LogP contribution in [0.1, 0.15) is 44.4 Å². The van der Waals surface area contributed by atoms with Gasteiger partial charge in [-0.3, -0.25) is 0 Å². The smallest absolute Gasteiger partial charge is 0.0691 e. The van der Waals surface area contributed by atoms with E-state index in [4.69, 9.17) is 0 Å². The van der Waals surface area contributed by atoms with Gasteiger partial charge >= 0.3 is 0 Å². The van der Waals surface area contributed by atoms with Crippen molar-refractivity contribution in [2.75, 3.05) is 0 Å². The van der Waals surface area contributed by atoms with Crippen LogP contribution >= 0.6 is 0 Å². The molecule has 2 aromatic rings. The number of nitrogens with zero attached hydrogens (tertiary/aromatic N) is 1. The number of rotatable bonds is 3. The Bertz CT molecular complexity index is 649. The predicted molar refractivity (Wildman–Crippen MR) is 83.1 cm³/mol. The van der Waals surface area contributed by atoms with E-state index in [2.05, 4.69) is 55.8 Å². The highest BCUT2D eigenvalue weighted by molar-refractivity contribution is 5.79. The molecular weight excluding hydrogens is 246 g/mol. The van der Waals surface area contributed by atoms with Crippen LogP contribution in [0.2, 0.25) is 0 Å². The fourth-order valence-corrected chi connectivity index (χ4v) is 3.41. The summed E-state index contributed by atoms with van der Waals surface area (Å²) in [6.45, 7) is 9.26. The summed E-state index contributed by atoms with van der Waals surface area (Å²) < 4.78 is 2.20. The Morgan fingerprint density at radius 2 is 1.95 bits per heavy atom. The minimum Gasteiger partial charge on any atom is -0.392 e. The molecule has 0 saturated carbocycles. The van der Waals surface area contributed by atoms with Crippen LogP contribution in [0.15, 0.2) is 30.5 Å². The van der Waals surface area contributed by atoms with Crippen LogP contribution in [0.4, 0.5) is 0 Å². The van der Waals surface area contributed by atoms with Gasteiger partial charge in [0.05, 0.1) is 11.8 Å². The number of aryl methyl sites for hydroxylation is 1. The van der Waals surface area contributed by atoms with Gasteiger partial charge in [0, 0.05) is 23.7 Å². The summed E-state index contributed by atoms with van der Waals surface area (Å²) in [5.41, 5.74) is 6.84. The van der Waals surface area contributed by atoms with Crippen LogP contribution < -0.4 is 0 Å². The summed E-state index contributed by atoms with van der Waals surface area (Å²) >= 11 is 0. The highest BCUT2D eigenvalue weighted by atomic mass is 16.3. The number of hydrogen-bond donors (Lipinski definition) is 1. The number of aliphatic hydroxyl groups excluding tert-OH is 1. The Morgan fingerprint density at radius 1 is 1.20 bits per heavy atom. The van der Waals surface area contributed by atoms with Gasteiger partial charge in [0.2, 0.25) is 0 Å². The SMILES string of the molecule is CCc1ccc2c(c1)-c1c(ccn1C[C@@H](C)O)C2(C)C. The molecule has 0 amide bonds. The van der Waals surface area contributed by atoms with Crippen molar-refractivity contribution < 1.29 is 5.11 Å². The first-order valence-corrected chi connectivity index (χ1v) is 7.46. The molecule has 0 aliphatic heterocycles. The molecule has 20 heavy (non-hydrogen) atoms. The number of fused-ring (bicyclic) bond motifs is 3. The predicted octanol–water partition coefficient (Wildman–Crippen LogP) is 3.74. The van der Waals surface area contributed by atoms with Gasteiger partial charge in [0.1, 0.15) is 0 Å². The molecule has 0 bridgehead atoms. The topological polar surface area (TPSA) is 25.2 Å². The molecule has 3 rings (SSSR count). The second kappa shape index (κ2) is 4.49. The number of benzene rings is 1. The van der Waals surface area contributed by atoms with E-state index < -0.39 is 0 Å². The fraction of sp³-hybridized carbons (Fsp3) is 0.444. The molecule has 1 N–H and O–H groups in total. The molecule has 1 heterocycles. The van der Waals surface area contributed by atoms with Gasteiger partial charge < -0.3 is 9.67 Å². The first-order chi connectivity index (χ1) is 9.45. The Balaban J connectivity index is 2.22. The van der Waals surface area contributed by atoms with E-state index in [0.717, 1.165) is 6.42 Å². The second-order valence-corrected chi connectivity index (χ2v) is 6.44. The van der Waals surface area contributed by atoms with Crippen molar-refractivity contribution in [3.05, 3.63) is 47.2 Å². The molecule has 2 nitrogen and oxygen atoms in total. The lowest BCUT2D eigenvalue weighted by Crippen LogP contribution is -2.14. The zero-order valence-electron chi connectivity index (χ0n) is 12.8. The van der Waals surface area contributed by atoms with Crippen molar-refractivity contribution >= 4 is 0 Å². The van der Waals surface area contributed by atoms with Crippen molar-refractivity contribution in [3.63, 3.8) is 0 Å². The molecule has 1 aromatic carbocycles. The van der Waals surface area contributed by atoms with Crippen molar-refractivity contribution in [3.8, 4) is 11.3 Å². The van der Waals surface area contributed by atoms with Gasteiger partial charge in [-0.15, -0.1) is 0 Å². The first-order valence-electron chi connectivity index (χ1n) is 7.46. The largest absolute Gasteiger partial charge is 0.392 e. The summed E-state index contributed by atoms with van der Waals surface area (Å²) in [6, 6.07) is 9.05. The molecule has 1 aliphatic rings. The van der Waals surface area contributed by atoms with Crippen molar-refractivity contribution in [2.45, 2.75) is 52.2 Å². The third-order valence-electron chi connectivity index (χ3n) is 4.52. The molecule has 0 saturated heterocycles. The zero-order valence-corrected chi connectivity index (χ0v) is 12.8. The van der Waals surface area contributed by atoms with E-state index >= 15 is 0 Å². The van der Waals surface area contributed by atoms with Gasteiger partial charge in [0.15, 0.2) is 0 Å². The van der Waals surface area contributed by atoms with Crippen molar-refractivity contribution in [2.24, 2.45) is 0 Å². The Labute approximate surface area is 121 Å². The molecule has 0 fully saturated rings. The van der Waals surface area contributed by atoms with Crippen LogP contribution in [0.25, 0.3) is 11.3 Å². The summed E-state index contributed by atoms with van der Waals surface area (Å²) in [7, 11) is 0. The molecule has 1 aliphatic carbocycles. The van der Waals surface area contributed by atoms with E-state index in [9.17, 15) is 5.11 Å². The molecule has 106 valence electrons. The first kappa shape index (κ1) is 13.4. The molecule has 2 heteroatoms. The summed E-state index contributed by atoms with van der Waals surface area (Å²) in [4.78, 5) is 0. The lowest BCUT2D eigenvalue weighted by Gasteiger charge is -2.20. The Hall–Kier alpha value is -1.54. The van der Waals surface area contributed by atoms with E-state index in [1.54, 1.807) is 0 Å². The monoisotopic (exact) mass is 269 g/mol. The van der Waals surface area contributed by atoms with E-state index in [-0.39, 0.29) is 11.5 Å². The van der Waals surface area contributed by atoms with Gasteiger partial charge in [0.25, 0.3) is 0 Å². The minimum absolute atomic E-state index is 0.0564. The van der Waals surface area contributed by atoms with Crippen LogP contribution in [0, 0.1) is 0 Å². The third kappa shape index (κ3) is 1.82. The van der Waals surface area contributed by atoms with Gasteiger partial charge in [-0.05, 0) is 42.2 Å². The van der Waals surface area contributed by atoms with E-state index in [0.29, 0.717) is 6.54 Å². The van der Waals surface area contributed by atoms with Crippen LogP contribution in [0.3, 0.4) is 0 Å². The van der Waals surface area contributed by atoms with Crippen LogP contribution in [-0.4, -0.2) is 15.8 Å². The summed E-state index contributed by atoms with van der Waals surface area (Å²) in [6.07, 6.45) is 2.84. The number of aromatic nitrogens is 1. The van der Waals surface area contributed by atoms with E-state index in [1.807, 2.05) is 6.92 Å². The van der Waals surface area contributed by atoms with E-state index in [1.165, 1.54) is 27.9 Å². The lowest BCUT2D eigenvalue weighted by atomic mass is 9.83. The van der Waals surface area contributed by atoms with Gasteiger partial charge in [-0.25, -0.2) is 0 Å². The van der Waals surface area contributed by atoms with Gasteiger partial charge in [-0.1, -0.05) is 32.9 Å². The standard InChI is InChI=1S/C18H23NO/c1-5-13-6-7-15-14(10-13)17-16(18(15,3)4)8-9-19(17)11-12(2)20/h6-10,12,20H,5,11H2,1-4H3/t12-/m1/s1. The fourth-order valence-electron chi connectivity index (χ4n) is 3.41. The van der Waals surface area contributed by atoms with Gasteiger partial charge in [-0.2, -0.15) is 0 Å². The van der Waals surface area contributed by atoms with Crippen LogP contribution in [0.5, 0.6) is 0 Å². The third-order valence-corrected chi connectivity index (χ3v) is 4.52.